The first-order valence-electron chi connectivity index (χ1n) is 10.7. The van der Waals surface area contributed by atoms with Crippen LogP contribution in [0.1, 0.15) is 44.4 Å². The molecule has 9 heteroatoms. The van der Waals surface area contributed by atoms with Gasteiger partial charge in [0.1, 0.15) is 19.0 Å². The van der Waals surface area contributed by atoms with E-state index >= 15 is 0 Å². The van der Waals surface area contributed by atoms with E-state index in [0.717, 1.165) is 5.56 Å². The second-order valence-electron chi connectivity index (χ2n) is 9.42. The fourth-order valence-electron chi connectivity index (χ4n) is 2.75. The Labute approximate surface area is 205 Å². The van der Waals surface area contributed by atoms with Crippen LogP contribution in [0.5, 0.6) is 5.75 Å². The summed E-state index contributed by atoms with van der Waals surface area (Å²) in [7, 11) is -2.01. The van der Waals surface area contributed by atoms with Gasteiger partial charge in [0.05, 0.1) is 16.1 Å². The summed E-state index contributed by atoms with van der Waals surface area (Å²) in [6.45, 7) is 9.87. The van der Waals surface area contributed by atoms with Gasteiger partial charge in [0, 0.05) is 6.61 Å². The molecule has 2 aromatic carbocycles. The minimum Gasteiger partial charge on any atom is -0.489 e. The predicted molar refractivity (Wildman–Crippen MR) is 130 cm³/mol. The SMILES string of the molecule is CC(C)(C)[Si](C)(C)OCCC(OCC(F)(F)F)c1ccc(OCc2ccc(Cl)c(Cl)c2)cc1. The summed E-state index contributed by atoms with van der Waals surface area (Å²) in [6.07, 6.45) is -4.81. The molecule has 0 fully saturated rings. The number of ether oxygens (including phenoxy) is 2. The van der Waals surface area contributed by atoms with E-state index in [4.69, 9.17) is 37.1 Å². The molecule has 0 spiro atoms. The van der Waals surface area contributed by atoms with Crippen molar-refractivity contribution in [3.05, 3.63) is 63.6 Å². The smallest absolute Gasteiger partial charge is 0.411 e. The van der Waals surface area contributed by atoms with Crippen molar-refractivity contribution < 1.29 is 27.1 Å². The van der Waals surface area contributed by atoms with Crippen LogP contribution < -0.4 is 4.74 Å². The normalized spacial score (nSPS) is 13.8. The molecule has 3 nitrogen and oxygen atoms in total. The van der Waals surface area contributed by atoms with Gasteiger partial charge >= 0.3 is 6.18 Å². The topological polar surface area (TPSA) is 27.7 Å². The van der Waals surface area contributed by atoms with Crippen LogP contribution in [0.25, 0.3) is 0 Å². The van der Waals surface area contributed by atoms with Crippen LogP contribution in [0, 0.1) is 0 Å². The Morgan fingerprint density at radius 1 is 0.939 bits per heavy atom. The molecule has 0 aromatic heterocycles. The number of benzene rings is 2. The van der Waals surface area contributed by atoms with Crippen molar-refractivity contribution >= 4 is 31.5 Å². The van der Waals surface area contributed by atoms with Crippen LogP contribution in [0.3, 0.4) is 0 Å². The molecular formula is C24H31Cl2F3O3Si. The molecule has 0 aliphatic heterocycles. The monoisotopic (exact) mass is 522 g/mol. The Bertz CT molecular complexity index is 897. The van der Waals surface area contributed by atoms with E-state index in [-0.39, 0.29) is 11.6 Å². The number of hydrogen-bond acceptors (Lipinski definition) is 3. The summed E-state index contributed by atoms with van der Waals surface area (Å²) in [5.41, 5.74) is 1.49. The summed E-state index contributed by atoms with van der Waals surface area (Å²) >= 11 is 11.9. The molecule has 0 amide bonds. The molecule has 1 atom stereocenters. The maximum absolute atomic E-state index is 12.8. The number of alkyl halides is 3. The number of rotatable bonds is 10. The molecule has 33 heavy (non-hydrogen) atoms. The van der Waals surface area contributed by atoms with Gasteiger partial charge in [-0.3, -0.25) is 0 Å². The van der Waals surface area contributed by atoms with Crippen molar-refractivity contribution in [2.75, 3.05) is 13.2 Å². The van der Waals surface area contributed by atoms with Crippen molar-refractivity contribution in [1.82, 2.24) is 0 Å². The molecule has 0 aliphatic carbocycles. The van der Waals surface area contributed by atoms with Crippen LogP contribution >= 0.6 is 23.2 Å². The van der Waals surface area contributed by atoms with E-state index in [1.54, 1.807) is 36.4 Å². The van der Waals surface area contributed by atoms with E-state index in [9.17, 15) is 13.2 Å². The Balaban J connectivity index is 2.03. The highest BCUT2D eigenvalue weighted by Crippen LogP contribution is 2.37. The third-order valence-corrected chi connectivity index (χ3v) is 11.0. The second-order valence-corrected chi connectivity index (χ2v) is 15.0. The molecule has 184 valence electrons. The van der Waals surface area contributed by atoms with Gasteiger partial charge in [-0.2, -0.15) is 13.2 Å². The number of hydrogen-bond donors (Lipinski definition) is 0. The maximum atomic E-state index is 12.8. The highest BCUT2D eigenvalue weighted by atomic mass is 35.5. The van der Waals surface area contributed by atoms with Crippen LogP contribution in [0.4, 0.5) is 13.2 Å². The zero-order valence-corrected chi connectivity index (χ0v) is 22.1. The molecule has 0 saturated heterocycles. The minimum absolute atomic E-state index is 0.0165. The van der Waals surface area contributed by atoms with Crippen molar-refractivity contribution in [3.8, 4) is 5.75 Å². The molecule has 0 N–H and O–H groups in total. The van der Waals surface area contributed by atoms with Crippen molar-refractivity contribution in [2.45, 2.75) is 64.2 Å². The maximum Gasteiger partial charge on any atom is 0.411 e. The third-order valence-electron chi connectivity index (χ3n) is 5.74. The van der Waals surface area contributed by atoms with E-state index in [2.05, 4.69) is 33.9 Å². The van der Waals surface area contributed by atoms with Gasteiger partial charge in [-0.15, -0.1) is 0 Å². The fraction of sp³-hybridized carbons (Fsp3) is 0.500. The average Bonchev–Trinajstić information content (AvgIpc) is 2.70. The first kappa shape index (κ1) is 28.0. The molecule has 0 saturated carbocycles. The summed E-state index contributed by atoms with van der Waals surface area (Å²) < 4.78 is 55.5. The van der Waals surface area contributed by atoms with Gasteiger partial charge in [-0.05, 0) is 59.9 Å². The zero-order chi connectivity index (χ0) is 24.9. The van der Waals surface area contributed by atoms with Crippen LogP contribution in [-0.2, 0) is 15.8 Å². The molecule has 2 rings (SSSR count). The standard InChI is InChI=1S/C24H31Cl2F3O3Si/c1-23(2,3)33(4,5)32-13-12-22(31-16-24(27,28)29)18-7-9-19(10-8-18)30-15-17-6-11-20(25)21(26)14-17/h6-11,14,22H,12-13,15-16H2,1-5H3. The van der Waals surface area contributed by atoms with Gasteiger partial charge in [-0.1, -0.05) is 62.2 Å². The molecule has 0 aliphatic rings. The van der Waals surface area contributed by atoms with Crippen molar-refractivity contribution in [1.29, 1.82) is 0 Å². The first-order valence-corrected chi connectivity index (χ1v) is 14.3. The molecule has 2 aromatic rings. The van der Waals surface area contributed by atoms with Gasteiger partial charge in [0.2, 0.25) is 0 Å². The van der Waals surface area contributed by atoms with E-state index in [1.165, 1.54) is 0 Å². The Hall–Kier alpha value is -1.25. The summed E-state index contributed by atoms with van der Waals surface area (Å²) in [4.78, 5) is 0. The van der Waals surface area contributed by atoms with Crippen LogP contribution in [0.15, 0.2) is 42.5 Å². The molecular weight excluding hydrogens is 492 g/mol. The quantitative estimate of drug-likeness (QED) is 0.292. The predicted octanol–water partition coefficient (Wildman–Crippen LogP) is 8.60. The molecule has 0 bridgehead atoms. The third kappa shape index (κ3) is 9.13. The number of halogens is 5. The molecule has 0 heterocycles. The van der Waals surface area contributed by atoms with Crippen molar-refractivity contribution in [2.24, 2.45) is 0 Å². The Kier molecular flexibility index (Phi) is 9.71. The van der Waals surface area contributed by atoms with Gasteiger partial charge in [-0.25, -0.2) is 0 Å². The summed E-state index contributed by atoms with van der Waals surface area (Å²) in [6, 6.07) is 12.1. The summed E-state index contributed by atoms with van der Waals surface area (Å²) in [5.74, 6) is 0.580. The largest absolute Gasteiger partial charge is 0.489 e. The lowest BCUT2D eigenvalue weighted by Crippen LogP contribution is -2.41. The van der Waals surface area contributed by atoms with Gasteiger partial charge in [0.15, 0.2) is 8.32 Å². The van der Waals surface area contributed by atoms with Crippen molar-refractivity contribution in [3.63, 3.8) is 0 Å². The Morgan fingerprint density at radius 2 is 1.58 bits per heavy atom. The highest BCUT2D eigenvalue weighted by Gasteiger charge is 2.37. The fourth-order valence-corrected chi connectivity index (χ4v) is 4.14. The molecule has 1 unspecified atom stereocenters. The van der Waals surface area contributed by atoms with Crippen LogP contribution in [0.2, 0.25) is 28.2 Å². The zero-order valence-electron chi connectivity index (χ0n) is 19.6. The highest BCUT2D eigenvalue weighted by molar-refractivity contribution is 6.74. The first-order chi connectivity index (χ1) is 15.2. The average molecular weight is 523 g/mol. The lowest BCUT2D eigenvalue weighted by Gasteiger charge is -2.36. The molecule has 0 radical (unpaired) electrons. The van der Waals surface area contributed by atoms with E-state index in [0.29, 0.717) is 34.4 Å². The second kappa shape index (κ2) is 11.4. The van der Waals surface area contributed by atoms with E-state index < -0.39 is 27.2 Å². The minimum atomic E-state index is -4.40. The van der Waals surface area contributed by atoms with E-state index in [1.807, 2.05) is 6.07 Å². The van der Waals surface area contributed by atoms with Gasteiger partial charge < -0.3 is 13.9 Å². The van der Waals surface area contributed by atoms with Crippen LogP contribution in [-0.4, -0.2) is 27.7 Å². The lowest BCUT2D eigenvalue weighted by molar-refractivity contribution is -0.187. The Morgan fingerprint density at radius 3 is 2.12 bits per heavy atom. The summed E-state index contributed by atoms with van der Waals surface area (Å²) in [5, 5.41) is 0.924. The van der Waals surface area contributed by atoms with Gasteiger partial charge in [0.25, 0.3) is 0 Å². The lowest BCUT2D eigenvalue weighted by atomic mass is 10.1.